The lowest BCUT2D eigenvalue weighted by molar-refractivity contribution is 0.215. The minimum atomic E-state index is -0.594. The van der Waals surface area contributed by atoms with Gasteiger partial charge in [0.2, 0.25) is 0 Å². The number of hydrogen-bond acceptors (Lipinski definition) is 4. The summed E-state index contributed by atoms with van der Waals surface area (Å²) in [5.41, 5.74) is 0.741. The first kappa shape index (κ1) is 10.2. The van der Waals surface area contributed by atoms with Gasteiger partial charge >= 0.3 is 6.09 Å². The Morgan fingerprint density at radius 3 is 2.75 bits per heavy atom. The number of benzene rings is 1. The van der Waals surface area contributed by atoms with Crippen LogP contribution in [-0.2, 0) is 0 Å². The van der Waals surface area contributed by atoms with Crippen LogP contribution in [0.4, 0.5) is 10.6 Å². The first-order valence-corrected chi connectivity index (χ1v) is 4.70. The Morgan fingerprint density at radius 1 is 1.38 bits per heavy atom. The van der Waals surface area contributed by atoms with Gasteiger partial charge in [0.05, 0.1) is 0 Å². The maximum absolute atomic E-state index is 11.4. The molecule has 0 aliphatic heterocycles. The van der Waals surface area contributed by atoms with Crippen molar-refractivity contribution in [1.82, 2.24) is 5.16 Å². The minimum absolute atomic E-state index is 0.362. The van der Waals surface area contributed by atoms with E-state index in [4.69, 9.17) is 4.74 Å². The van der Waals surface area contributed by atoms with E-state index in [0.29, 0.717) is 11.6 Å². The molecule has 5 nitrogen and oxygen atoms in total. The van der Waals surface area contributed by atoms with Gasteiger partial charge in [0, 0.05) is 5.56 Å². The average molecular weight is 218 g/mol. The Balaban J connectivity index is 1.98. The van der Waals surface area contributed by atoms with E-state index in [1.807, 2.05) is 6.07 Å². The van der Waals surface area contributed by atoms with E-state index in [1.165, 1.54) is 6.26 Å². The Hall–Kier alpha value is -2.30. The molecular formula is C11H10N2O3. The number of nitrogens with one attached hydrogen (secondary N) is 1. The molecule has 0 radical (unpaired) electrons. The van der Waals surface area contributed by atoms with Gasteiger partial charge in [-0.05, 0) is 19.1 Å². The van der Waals surface area contributed by atoms with Gasteiger partial charge in [-0.25, -0.2) is 4.79 Å². The second kappa shape index (κ2) is 4.48. The van der Waals surface area contributed by atoms with Crippen molar-refractivity contribution in [2.45, 2.75) is 6.92 Å². The Labute approximate surface area is 92.0 Å². The van der Waals surface area contributed by atoms with Crippen molar-refractivity contribution in [2.75, 3.05) is 5.32 Å². The number of carbonyl (C=O) groups excluding carboxylic acids is 1. The molecule has 0 bridgehead atoms. The van der Waals surface area contributed by atoms with Crippen LogP contribution in [0.5, 0.6) is 5.75 Å². The van der Waals surface area contributed by atoms with E-state index in [2.05, 4.69) is 15.0 Å². The van der Waals surface area contributed by atoms with E-state index in [0.717, 1.165) is 5.56 Å². The molecule has 5 heteroatoms. The van der Waals surface area contributed by atoms with Crippen molar-refractivity contribution in [2.24, 2.45) is 0 Å². The van der Waals surface area contributed by atoms with Crippen LogP contribution in [0.1, 0.15) is 5.56 Å². The average Bonchev–Trinajstić information content (AvgIpc) is 2.66. The van der Waals surface area contributed by atoms with Crippen molar-refractivity contribution in [3.63, 3.8) is 0 Å². The first-order valence-electron chi connectivity index (χ1n) is 4.70. The van der Waals surface area contributed by atoms with E-state index >= 15 is 0 Å². The molecule has 1 heterocycles. The van der Waals surface area contributed by atoms with Gasteiger partial charge in [-0.1, -0.05) is 23.4 Å². The molecule has 16 heavy (non-hydrogen) atoms. The molecule has 0 fully saturated rings. The Kier molecular flexibility index (Phi) is 2.86. The Bertz CT molecular complexity index is 479. The number of aromatic nitrogens is 1. The van der Waals surface area contributed by atoms with Gasteiger partial charge in [0.1, 0.15) is 12.0 Å². The number of anilines is 1. The Morgan fingerprint density at radius 2 is 2.12 bits per heavy atom. The van der Waals surface area contributed by atoms with Crippen molar-refractivity contribution in [3.8, 4) is 5.75 Å². The molecule has 0 atom stereocenters. The predicted octanol–water partition coefficient (Wildman–Crippen LogP) is 2.59. The summed E-state index contributed by atoms with van der Waals surface area (Å²) in [4.78, 5) is 11.4. The molecule has 82 valence electrons. The second-order valence-corrected chi connectivity index (χ2v) is 3.17. The van der Waals surface area contributed by atoms with E-state index < -0.39 is 6.09 Å². The van der Waals surface area contributed by atoms with Crippen molar-refractivity contribution >= 4 is 11.9 Å². The standard InChI is InChI=1S/C11H10N2O3/c1-8-7-15-13-10(8)12-11(14)16-9-5-3-2-4-6-9/h2-7H,1H3,(H,12,13,14). The van der Waals surface area contributed by atoms with Gasteiger partial charge in [-0.15, -0.1) is 0 Å². The lowest BCUT2D eigenvalue weighted by atomic mass is 10.3. The van der Waals surface area contributed by atoms with Gasteiger partial charge in [0.25, 0.3) is 0 Å². The van der Waals surface area contributed by atoms with E-state index in [-0.39, 0.29) is 0 Å². The normalized spacial score (nSPS) is 9.81. The molecule has 1 N–H and O–H groups in total. The van der Waals surface area contributed by atoms with Crippen molar-refractivity contribution in [3.05, 3.63) is 42.2 Å². The van der Waals surface area contributed by atoms with Gasteiger partial charge < -0.3 is 9.26 Å². The van der Waals surface area contributed by atoms with E-state index in [1.54, 1.807) is 31.2 Å². The summed E-state index contributed by atoms with van der Waals surface area (Å²) < 4.78 is 9.69. The second-order valence-electron chi connectivity index (χ2n) is 3.17. The van der Waals surface area contributed by atoms with Crippen molar-refractivity contribution in [1.29, 1.82) is 0 Å². The highest BCUT2D eigenvalue weighted by Crippen LogP contribution is 2.13. The fourth-order valence-corrected chi connectivity index (χ4v) is 1.13. The van der Waals surface area contributed by atoms with Crippen LogP contribution in [0, 0.1) is 6.92 Å². The third kappa shape index (κ3) is 2.38. The van der Waals surface area contributed by atoms with Crippen LogP contribution in [0.25, 0.3) is 0 Å². The highest BCUT2D eigenvalue weighted by Gasteiger charge is 2.09. The third-order valence-corrected chi connectivity index (χ3v) is 1.92. The molecule has 2 rings (SSSR count). The quantitative estimate of drug-likeness (QED) is 0.841. The number of para-hydroxylation sites is 1. The highest BCUT2D eigenvalue weighted by atomic mass is 16.6. The van der Waals surface area contributed by atoms with Crippen LogP contribution >= 0.6 is 0 Å². The number of rotatable bonds is 2. The molecule has 0 unspecified atom stereocenters. The molecule has 1 aromatic carbocycles. The van der Waals surface area contributed by atoms with Crippen LogP contribution in [0.15, 0.2) is 41.1 Å². The fraction of sp³-hybridized carbons (Fsp3) is 0.0909. The summed E-state index contributed by atoms with van der Waals surface area (Å²) in [5.74, 6) is 0.835. The molecule has 1 aromatic heterocycles. The summed E-state index contributed by atoms with van der Waals surface area (Å²) in [7, 11) is 0. The summed E-state index contributed by atoms with van der Waals surface area (Å²) in [6, 6.07) is 8.78. The van der Waals surface area contributed by atoms with E-state index in [9.17, 15) is 4.79 Å². The maximum atomic E-state index is 11.4. The molecule has 0 aliphatic rings. The zero-order valence-electron chi connectivity index (χ0n) is 8.64. The number of amides is 1. The SMILES string of the molecule is Cc1conc1NC(=O)Oc1ccccc1. The predicted molar refractivity (Wildman–Crippen MR) is 57.3 cm³/mol. The molecule has 0 saturated carbocycles. The zero-order valence-corrected chi connectivity index (χ0v) is 8.64. The molecule has 1 amide bonds. The monoisotopic (exact) mass is 218 g/mol. The van der Waals surface area contributed by atoms with Crippen LogP contribution in [-0.4, -0.2) is 11.2 Å². The molecule has 0 spiro atoms. The smallest absolute Gasteiger partial charge is 0.410 e. The minimum Gasteiger partial charge on any atom is -0.410 e. The fourth-order valence-electron chi connectivity index (χ4n) is 1.13. The number of hydrogen-bond donors (Lipinski definition) is 1. The lowest BCUT2D eigenvalue weighted by Crippen LogP contribution is -2.17. The maximum Gasteiger partial charge on any atom is 0.418 e. The summed E-state index contributed by atoms with van der Waals surface area (Å²) in [6.07, 6.45) is 0.848. The molecule has 2 aromatic rings. The zero-order chi connectivity index (χ0) is 11.4. The van der Waals surface area contributed by atoms with Gasteiger partial charge in [-0.2, -0.15) is 0 Å². The largest absolute Gasteiger partial charge is 0.418 e. The highest BCUT2D eigenvalue weighted by molar-refractivity contribution is 5.85. The molecule has 0 aliphatic carbocycles. The van der Waals surface area contributed by atoms with Crippen LogP contribution in [0.2, 0.25) is 0 Å². The first-order chi connectivity index (χ1) is 7.75. The summed E-state index contributed by atoms with van der Waals surface area (Å²) in [6.45, 7) is 1.77. The summed E-state index contributed by atoms with van der Waals surface area (Å²) in [5, 5.41) is 6.08. The van der Waals surface area contributed by atoms with Crippen molar-refractivity contribution < 1.29 is 14.1 Å². The number of ether oxygens (including phenoxy) is 1. The number of nitrogens with zero attached hydrogens (tertiary/aromatic N) is 1. The van der Waals surface area contributed by atoms with Crippen LogP contribution in [0.3, 0.4) is 0 Å². The number of aryl methyl sites for hydroxylation is 1. The molecule has 0 saturated heterocycles. The number of carbonyl (C=O) groups is 1. The third-order valence-electron chi connectivity index (χ3n) is 1.92. The topological polar surface area (TPSA) is 64.4 Å². The van der Waals surface area contributed by atoms with Gasteiger partial charge in [-0.3, -0.25) is 5.32 Å². The molecular weight excluding hydrogens is 208 g/mol. The lowest BCUT2D eigenvalue weighted by Gasteiger charge is -2.03. The van der Waals surface area contributed by atoms with Crippen LogP contribution < -0.4 is 10.1 Å². The van der Waals surface area contributed by atoms with Gasteiger partial charge in [0.15, 0.2) is 5.82 Å². The summed E-state index contributed by atoms with van der Waals surface area (Å²) >= 11 is 0.